The Bertz CT molecular complexity index is 858. The second-order valence-corrected chi connectivity index (χ2v) is 5.47. The predicted octanol–water partition coefficient (Wildman–Crippen LogP) is 1.22. The molecule has 112 valence electrons. The van der Waals surface area contributed by atoms with Crippen molar-refractivity contribution in [3.05, 3.63) is 68.9 Å². The van der Waals surface area contributed by atoms with Crippen molar-refractivity contribution in [2.75, 3.05) is 6.54 Å². The third-order valence-electron chi connectivity index (χ3n) is 3.24. The maximum absolute atomic E-state index is 12.2. The summed E-state index contributed by atoms with van der Waals surface area (Å²) in [7, 11) is 0. The Labute approximate surface area is 129 Å². The zero-order chi connectivity index (χ0) is 15.5. The maximum atomic E-state index is 12.2. The molecule has 0 aliphatic heterocycles. The fourth-order valence-electron chi connectivity index (χ4n) is 2.05. The van der Waals surface area contributed by atoms with E-state index in [1.807, 2.05) is 10.8 Å². The largest absolute Gasteiger partial charge is 0.387 e. The zero-order valence-electron chi connectivity index (χ0n) is 11.5. The van der Waals surface area contributed by atoms with E-state index in [1.165, 1.54) is 21.9 Å². The molecule has 22 heavy (non-hydrogen) atoms. The molecule has 0 saturated heterocycles. The van der Waals surface area contributed by atoms with Crippen LogP contribution in [0.15, 0.2) is 52.2 Å². The lowest BCUT2D eigenvalue weighted by molar-refractivity contribution is 0.0914. The van der Waals surface area contributed by atoms with Crippen molar-refractivity contribution in [1.29, 1.82) is 0 Å². The van der Waals surface area contributed by atoms with Crippen LogP contribution >= 0.6 is 11.3 Å². The number of pyridine rings is 1. The van der Waals surface area contributed by atoms with Crippen LogP contribution in [0.3, 0.4) is 0 Å². The second-order valence-electron chi connectivity index (χ2n) is 4.69. The number of rotatable bonds is 4. The highest BCUT2D eigenvalue weighted by molar-refractivity contribution is 7.07. The summed E-state index contributed by atoms with van der Waals surface area (Å²) in [6.07, 6.45) is 2.01. The van der Waals surface area contributed by atoms with Crippen LogP contribution in [-0.4, -0.2) is 26.9 Å². The number of aromatic nitrogens is 2. The van der Waals surface area contributed by atoms with Gasteiger partial charge < -0.3 is 10.4 Å². The van der Waals surface area contributed by atoms with Gasteiger partial charge in [-0.15, -0.1) is 0 Å². The Morgan fingerprint density at radius 1 is 1.41 bits per heavy atom. The van der Waals surface area contributed by atoms with E-state index in [0.29, 0.717) is 5.65 Å². The first-order chi connectivity index (χ1) is 10.7. The number of hydrogen-bond donors (Lipinski definition) is 2. The van der Waals surface area contributed by atoms with Crippen molar-refractivity contribution in [2.45, 2.75) is 6.10 Å². The van der Waals surface area contributed by atoms with Gasteiger partial charge in [-0.25, -0.2) is 4.98 Å². The molecule has 7 heteroatoms. The Kier molecular flexibility index (Phi) is 3.99. The molecular weight excluding hydrogens is 302 g/mol. The molecule has 0 fully saturated rings. The molecule has 3 rings (SSSR count). The molecule has 0 saturated carbocycles. The quantitative estimate of drug-likeness (QED) is 0.758. The van der Waals surface area contributed by atoms with Crippen LogP contribution in [0.2, 0.25) is 0 Å². The van der Waals surface area contributed by atoms with Gasteiger partial charge in [-0.2, -0.15) is 11.3 Å². The molecule has 1 atom stereocenters. The first-order valence-corrected chi connectivity index (χ1v) is 7.56. The molecule has 3 aromatic rings. The Hall–Kier alpha value is -2.51. The summed E-state index contributed by atoms with van der Waals surface area (Å²) in [5.74, 6) is -0.551. The third kappa shape index (κ3) is 2.76. The van der Waals surface area contributed by atoms with Gasteiger partial charge in [0.2, 0.25) is 0 Å². The number of fused-ring (bicyclic) bond motifs is 1. The van der Waals surface area contributed by atoms with Crippen molar-refractivity contribution in [1.82, 2.24) is 14.7 Å². The van der Waals surface area contributed by atoms with Crippen LogP contribution in [0.5, 0.6) is 0 Å². The molecule has 2 N–H and O–H groups in total. The first kappa shape index (κ1) is 14.4. The normalized spacial score (nSPS) is 12.2. The summed E-state index contributed by atoms with van der Waals surface area (Å²) in [6, 6.07) is 6.92. The Morgan fingerprint density at radius 3 is 3.05 bits per heavy atom. The fraction of sp³-hybridized carbons (Fsp3) is 0.133. The van der Waals surface area contributed by atoms with Gasteiger partial charge in [0.05, 0.1) is 6.10 Å². The first-order valence-electron chi connectivity index (χ1n) is 6.61. The molecule has 0 bridgehead atoms. The molecule has 1 unspecified atom stereocenters. The maximum Gasteiger partial charge on any atom is 0.270 e. The summed E-state index contributed by atoms with van der Waals surface area (Å²) in [6.45, 7) is 0.0342. The summed E-state index contributed by atoms with van der Waals surface area (Å²) in [4.78, 5) is 28.4. The van der Waals surface area contributed by atoms with E-state index in [2.05, 4.69) is 10.3 Å². The van der Waals surface area contributed by atoms with Crippen LogP contribution < -0.4 is 10.9 Å². The van der Waals surface area contributed by atoms with Crippen molar-refractivity contribution in [3.63, 3.8) is 0 Å². The third-order valence-corrected chi connectivity index (χ3v) is 3.94. The van der Waals surface area contributed by atoms with Crippen molar-refractivity contribution in [2.24, 2.45) is 0 Å². The standard InChI is InChI=1S/C15H13N3O3S/c19-12(10-4-6-22-9-10)8-17-14(20)11-7-16-13-3-1-2-5-18(13)15(11)21/h1-7,9,12,19H,8H2,(H,17,20). The number of carbonyl (C=O) groups is 1. The van der Waals surface area contributed by atoms with Crippen molar-refractivity contribution < 1.29 is 9.90 Å². The lowest BCUT2D eigenvalue weighted by Gasteiger charge is -2.10. The zero-order valence-corrected chi connectivity index (χ0v) is 12.3. The van der Waals surface area contributed by atoms with E-state index in [1.54, 1.807) is 30.5 Å². The SMILES string of the molecule is O=C(NCC(O)c1ccsc1)c1cnc2ccccn2c1=O. The minimum absolute atomic E-state index is 0.0342. The average molecular weight is 315 g/mol. The van der Waals surface area contributed by atoms with Gasteiger partial charge in [-0.1, -0.05) is 6.07 Å². The summed E-state index contributed by atoms with van der Waals surface area (Å²) >= 11 is 1.47. The summed E-state index contributed by atoms with van der Waals surface area (Å²) in [5, 5.41) is 16.2. The molecule has 0 aliphatic rings. The number of nitrogens with zero attached hydrogens (tertiary/aromatic N) is 2. The predicted molar refractivity (Wildman–Crippen MR) is 83.1 cm³/mol. The van der Waals surface area contributed by atoms with E-state index in [0.717, 1.165) is 5.56 Å². The molecule has 0 radical (unpaired) electrons. The van der Waals surface area contributed by atoms with E-state index in [9.17, 15) is 14.7 Å². The molecule has 0 aromatic carbocycles. The van der Waals surface area contributed by atoms with Gasteiger partial charge >= 0.3 is 0 Å². The number of hydrogen-bond acceptors (Lipinski definition) is 5. The lowest BCUT2D eigenvalue weighted by Crippen LogP contribution is -2.34. The minimum atomic E-state index is -0.800. The average Bonchev–Trinajstić information content (AvgIpc) is 3.07. The number of carbonyl (C=O) groups excluding carboxylic acids is 1. The number of thiophene rings is 1. The Morgan fingerprint density at radius 2 is 2.27 bits per heavy atom. The Balaban J connectivity index is 1.78. The highest BCUT2D eigenvalue weighted by Crippen LogP contribution is 2.15. The number of aliphatic hydroxyl groups is 1. The second kappa shape index (κ2) is 6.08. The molecule has 6 nitrogen and oxygen atoms in total. The molecule has 3 aromatic heterocycles. The van der Waals surface area contributed by atoms with Crippen LogP contribution in [0.25, 0.3) is 5.65 Å². The van der Waals surface area contributed by atoms with Gasteiger partial charge in [0.15, 0.2) is 0 Å². The minimum Gasteiger partial charge on any atom is -0.387 e. The molecule has 0 aliphatic carbocycles. The van der Waals surface area contributed by atoms with Gasteiger partial charge in [-0.05, 0) is 34.5 Å². The van der Waals surface area contributed by atoms with Gasteiger partial charge in [0, 0.05) is 18.9 Å². The topological polar surface area (TPSA) is 83.7 Å². The number of nitrogens with one attached hydrogen (secondary N) is 1. The highest BCUT2D eigenvalue weighted by Gasteiger charge is 2.15. The summed E-state index contributed by atoms with van der Waals surface area (Å²) < 4.78 is 1.31. The van der Waals surface area contributed by atoms with Gasteiger partial charge in [0.1, 0.15) is 11.2 Å². The van der Waals surface area contributed by atoms with Gasteiger partial charge in [0.25, 0.3) is 11.5 Å². The van der Waals surface area contributed by atoms with E-state index in [-0.39, 0.29) is 12.1 Å². The molecular formula is C15H13N3O3S. The van der Waals surface area contributed by atoms with Crippen molar-refractivity contribution >= 4 is 22.9 Å². The molecule has 0 spiro atoms. The lowest BCUT2D eigenvalue weighted by atomic mass is 10.2. The molecule has 1 amide bonds. The van der Waals surface area contributed by atoms with E-state index >= 15 is 0 Å². The monoisotopic (exact) mass is 315 g/mol. The number of aliphatic hydroxyl groups excluding tert-OH is 1. The molecule has 3 heterocycles. The fourth-order valence-corrected chi connectivity index (χ4v) is 2.76. The van der Waals surface area contributed by atoms with Crippen LogP contribution in [-0.2, 0) is 0 Å². The van der Waals surface area contributed by atoms with Crippen LogP contribution in [0, 0.1) is 0 Å². The number of amides is 1. The smallest absolute Gasteiger partial charge is 0.270 e. The highest BCUT2D eigenvalue weighted by atomic mass is 32.1. The van der Waals surface area contributed by atoms with Crippen LogP contribution in [0.1, 0.15) is 22.0 Å². The van der Waals surface area contributed by atoms with E-state index < -0.39 is 17.6 Å². The van der Waals surface area contributed by atoms with Gasteiger partial charge in [-0.3, -0.25) is 14.0 Å². The van der Waals surface area contributed by atoms with Crippen molar-refractivity contribution in [3.8, 4) is 0 Å². The van der Waals surface area contributed by atoms with E-state index in [4.69, 9.17) is 0 Å². The summed E-state index contributed by atoms with van der Waals surface area (Å²) in [5.41, 5.74) is 0.718. The van der Waals surface area contributed by atoms with Crippen LogP contribution in [0.4, 0.5) is 0 Å².